The third-order valence-electron chi connectivity index (χ3n) is 3.40. The Morgan fingerprint density at radius 2 is 2.14 bits per heavy atom. The van der Waals surface area contributed by atoms with Gasteiger partial charge in [-0.1, -0.05) is 12.1 Å². The van der Waals surface area contributed by atoms with Crippen molar-refractivity contribution in [2.45, 2.75) is 19.9 Å². The van der Waals surface area contributed by atoms with Crippen molar-refractivity contribution in [1.29, 1.82) is 0 Å². The Kier molecular flexibility index (Phi) is 5.89. The number of hydrogen-bond donors (Lipinski definition) is 2. The van der Waals surface area contributed by atoms with Gasteiger partial charge in [-0.2, -0.15) is 0 Å². The standard InChI is InChI=1S/C17H21FN4/c1-13-11-20-8-6-15(13)7-9-21-17(19-2)22-12-14-4-3-5-16(18)10-14/h3-6,8,10-11H,7,9,12H2,1-2H3,(H2,19,21,22). The minimum Gasteiger partial charge on any atom is -0.356 e. The number of guanidine groups is 1. The second-order valence-corrected chi connectivity index (χ2v) is 5.03. The minimum absolute atomic E-state index is 0.226. The lowest BCUT2D eigenvalue weighted by atomic mass is 10.1. The highest BCUT2D eigenvalue weighted by Crippen LogP contribution is 2.05. The molecule has 0 amide bonds. The van der Waals surface area contributed by atoms with Gasteiger partial charge in [0.1, 0.15) is 5.82 Å². The van der Waals surface area contributed by atoms with Crippen molar-refractivity contribution in [3.05, 3.63) is 65.2 Å². The van der Waals surface area contributed by atoms with Crippen molar-refractivity contribution in [2.75, 3.05) is 13.6 Å². The van der Waals surface area contributed by atoms with Crippen LogP contribution in [0.3, 0.4) is 0 Å². The SMILES string of the molecule is CN=C(NCCc1ccncc1C)NCc1cccc(F)c1. The van der Waals surface area contributed by atoms with E-state index in [4.69, 9.17) is 0 Å². The number of aliphatic imine (C=N–C) groups is 1. The summed E-state index contributed by atoms with van der Waals surface area (Å²) in [5.74, 6) is 0.478. The maximum atomic E-state index is 13.1. The molecule has 0 bridgehead atoms. The molecule has 0 spiro atoms. The highest BCUT2D eigenvalue weighted by atomic mass is 19.1. The van der Waals surface area contributed by atoms with Crippen LogP contribution in [0.25, 0.3) is 0 Å². The number of hydrogen-bond acceptors (Lipinski definition) is 2. The van der Waals surface area contributed by atoms with Gasteiger partial charge in [-0.15, -0.1) is 0 Å². The van der Waals surface area contributed by atoms with E-state index in [-0.39, 0.29) is 5.82 Å². The summed E-state index contributed by atoms with van der Waals surface area (Å²) in [7, 11) is 1.72. The molecule has 0 atom stereocenters. The number of benzene rings is 1. The van der Waals surface area contributed by atoms with Crippen LogP contribution in [0.15, 0.2) is 47.7 Å². The van der Waals surface area contributed by atoms with Crippen molar-refractivity contribution in [3.8, 4) is 0 Å². The first kappa shape index (κ1) is 15.9. The molecule has 2 rings (SSSR count). The summed E-state index contributed by atoms with van der Waals surface area (Å²) >= 11 is 0. The van der Waals surface area contributed by atoms with Gasteiger partial charge in [-0.25, -0.2) is 4.39 Å². The van der Waals surface area contributed by atoms with Gasteiger partial charge in [0.2, 0.25) is 0 Å². The molecule has 5 heteroatoms. The molecule has 2 aromatic rings. The topological polar surface area (TPSA) is 49.3 Å². The average Bonchev–Trinajstić information content (AvgIpc) is 2.52. The van der Waals surface area contributed by atoms with E-state index in [1.807, 2.05) is 18.3 Å². The largest absolute Gasteiger partial charge is 0.356 e. The Hall–Kier alpha value is -2.43. The van der Waals surface area contributed by atoms with Crippen LogP contribution in [0.4, 0.5) is 4.39 Å². The molecule has 4 nitrogen and oxygen atoms in total. The van der Waals surface area contributed by atoms with E-state index in [1.165, 1.54) is 23.3 Å². The van der Waals surface area contributed by atoms with Crippen molar-refractivity contribution < 1.29 is 4.39 Å². The quantitative estimate of drug-likeness (QED) is 0.658. The van der Waals surface area contributed by atoms with E-state index in [1.54, 1.807) is 19.3 Å². The molecule has 0 saturated heterocycles. The van der Waals surface area contributed by atoms with Gasteiger partial charge in [0.15, 0.2) is 5.96 Å². The molecule has 1 heterocycles. The second kappa shape index (κ2) is 8.12. The predicted molar refractivity (Wildman–Crippen MR) is 87.3 cm³/mol. The van der Waals surface area contributed by atoms with E-state index in [9.17, 15) is 4.39 Å². The van der Waals surface area contributed by atoms with Crippen molar-refractivity contribution in [2.24, 2.45) is 4.99 Å². The lowest BCUT2D eigenvalue weighted by molar-refractivity contribution is 0.624. The summed E-state index contributed by atoms with van der Waals surface area (Å²) in [6.07, 6.45) is 4.57. The molecular formula is C17H21FN4. The number of rotatable bonds is 5. The number of aromatic nitrogens is 1. The molecular weight excluding hydrogens is 279 g/mol. The fourth-order valence-corrected chi connectivity index (χ4v) is 2.15. The van der Waals surface area contributed by atoms with Gasteiger partial charge in [-0.3, -0.25) is 9.98 Å². The van der Waals surface area contributed by atoms with Crippen LogP contribution in [-0.4, -0.2) is 24.5 Å². The van der Waals surface area contributed by atoms with Gasteiger partial charge in [0, 0.05) is 32.5 Å². The second-order valence-electron chi connectivity index (χ2n) is 5.03. The van der Waals surface area contributed by atoms with Gasteiger partial charge >= 0.3 is 0 Å². The van der Waals surface area contributed by atoms with Crippen LogP contribution in [0.2, 0.25) is 0 Å². The molecule has 0 aliphatic heterocycles. The molecule has 0 unspecified atom stereocenters. The zero-order chi connectivity index (χ0) is 15.8. The van der Waals surface area contributed by atoms with Crippen molar-refractivity contribution in [1.82, 2.24) is 15.6 Å². The molecule has 22 heavy (non-hydrogen) atoms. The number of pyridine rings is 1. The van der Waals surface area contributed by atoms with E-state index in [2.05, 4.69) is 27.5 Å². The van der Waals surface area contributed by atoms with Gasteiger partial charge < -0.3 is 10.6 Å². The summed E-state index contributed by atoms with van der Waals surface area (Å²) in [5.41, 5.74) is 3.34. The molecule has 0 saturated carbocycles. The van der Waals surface area contributed by atoms with E-state index < -0.39 is 0 Å². The van der Waals surface area contributed by atoms with Crippen LogP contribution < -0.4 is 10.6 Å². The Bertz CT molecular complexity index is 640. The molecule has 0 fully saturated rings. The Balaban J connectivity index is 1.79. The number of nitrogens with one attached hydrogen (secondary N) is 2. The van der Waals surface area contributed by atoms with E-state index in [0.717, 1.165) is 18.5 Å². The lowest BCUT2D eigenvalue weighted by Crippen LogP contribution is -2.37. The van der Waals surface area contributed by atoms with Crippen LogP contribution in [0.5, 0.6) is 0 Å². The van der Waals surface area contributed by atoms with Crippen molar-refractivity contribution >= 4 is 5.96 Å². The zero-order valence-electron chi connectivity index (χ0n) is 12.9. The highest BCUT2D eigenvalue weighted by molar-refractivity contribution is 5.79. The Morgan fingerprint density at radius 1 is 1.27 bits per heavy atom. The third kappa shape index (κ3) is 4.84. The number of halogens is 1. The van der Waals surface area contributed by atoms with Crippen molar-refractivity contribution in [3.63, 3.8) is 0 Å². The average molecular weight is 300 g/mol. The molecule has 0 radical (unpaired) electrons. The Labute approximate surface area is 130 Å². The molecule has 1 aromatic heterocycles. The van der Waals surface area contributed by atoms with Crippen LogP contribution >= 0.6 is 0 Å². The van der Waals surface area contributed by atoms with Gasteiger partial charge in [-0.05, 0) is 48.2 Å². The fourth-order valence-electron chi connectivity index (χ4n) is 2.15. The first-order valence-corrected chi connectivity index (χ1v) is 7.27. The summed E-state index contributed by atoms with van der Waals surface area (Å²) < 4.78 is 13.1. The summed E-state index contributed by atoms with van der Waals surface area (Å²) in [4.78, 5) is 8.25. The first-order valence-electron chi connectivity index (χ1n) is 7.27. The molecule has 1 aromatic carbocycles. The third-order valence-corrected chi connectivity index (χ3v) is 3.40. The van der Waals surface area contributed by atoms with Gasteiger partial charge in [0.25, 0.3) is 0 Å². The number of aryl methyl sites for hydroxylation is 1. The predicted octanol–water partition coefficient (Wildman–Crippen LogP) is 2.44. The molecule has 2 N–H and O–H groups in total. The zero-order valence-corrected chi connectivity index (χ0v) is 12.9. The minimum atomic E-state index is -0.226. The van der Waals surface area contributed by atoms with E-state index in [0.29, 0.717) is 12.5 Å². The van der Waals surface area contributed by atoms with Crippen LogP contribution in [-0.2, 0) is 13.0 Å². The monoisotopic (exact) mass is 300 g/mol. The first-order chi connectivity index (χ1) is 10.7. The molecule has 0 aliphatic rings. The number of nitrogens with zero attached hydrogens (tertiary/aromatic N) is 2. The normalized spacial score (nSPS) is 11.3. The maximum Gasteiger partial charge on any atom is 0.191 e. The van der Waals surface area contributed by atoms with Gasteiger partial charge in [0.05, 0.1) is 0 Å². The van der Waals surface area contributed by atoms with Crippen LogP contribution in [0, 0.1) is 12.7 Å². The summed E-state index contributed by atoms with van der Waals surface area (Å²) in [6, 6.07) is 8.56. The Morgan fingerprint density at radius 3 is 2.86 bits per heavy atom. The summed E-state index contributed by atoms with van der Waals surface area (Å²) in [6.45, 7) is 3.36. The highest BCUT2D eigenvalue weighted by Gasteiger charge is 2.01. The van der Waals surface area contributed by atoms with Crippen LogP contribution in [0.1, 0.15) is 16.7 Å². The maximum absolute atomic E-state index is 13.1. The fraction of sp³-hybridized carbons (Fsp3) is 0.294. The summed E-state index contributed by atoms with van der Waals surface area (Å²) in [5, 5.41) is 6.43. The van der Waals surface area contributed by atoms with E-state index >= 15 is 0 Å². The molecule has 0 aliphatic carbocycles. The smallest absolute Gasteiger partial charge is 0.191 e. The lowest BCUT2D eigenvalue weighted by Gasteiger charge is -2.12. The molecule has 116 valence electrons.